The van der Waals surface area contributed by atoms with E-state index in [-0.39, 0.29) is 5.41 Å². The van der Waals surface area contributed by atoms with E-state index in [2.05, 4.69) is 56.7 Å². The van der Waals surface area contributed by atoms with Gasteiger partial charge in [-0.25, -0.2) is 9.97 Å². The Kier molecular flexibility index (Phi) is 4.67. The summed E-state index contributed by atoms with van der Waals surface area (Å²) in [6.45, 7) is 11.1. The molecule has 0 spiro atoms. The molecule has 0 amide bonds. The molecule has 2 nitrogen and oxygen atoms in total. The number of hydrogen-bond acceptors (Lipinski definition) is 2. The molecule has 0 N–H and O–H groups in total. The Hall–Kier alpha value is -1.41. The first-order chi connectivity index (χ1) is 9.81. The molecule has 2 rings (SSSR count). The Balaban J connectivity index is 2.36. The molecule has 0 bridgehead atoms. The van der Waals surface area contributed by atoms with Gasteiger partial charge in [0.2, 0.25) is 0 Å². The van der Waals surface area contributed by atoms with E-state index in [0.29, 0.717) is 5.88 Å². The van der Waals surface area contributed by atoms with Crippen molar-refractivity contribution in [3.05, 3.63) is 58.2 Å². The fourth-order valence-corrected chi connectivity index (χ4v) is 2.61. The maximum atomic E-state index is 5.85. The number of rotatable bonds is 3. The summed E-state index contributed by atoms with van der Waals surface area (Å²) in [6.07, 6.45) is 2.54. The lowest BCUT2D eigenvalue weighted by Crippen LogP contribution is -2.13. The fraction of sp³-hybridized carbons (Fsp3) is 0.444. The maximum absolute atomic E-state index is 5.85. The van der Waals surface area contributed by atoms with E-state index >= 15 is 0 Å². The molecule has 0 fully saturated rings. The summed E-state index contributed by atoms with van der Waals surface area (Å²) in [6, 6.07) is 6.43. The molecule has 1 heterocycles. The van der Waals surface area contributed by atoms with Crippen LogP contribution >= 0.6 is 11.6 Å². The van der Waals surface area contributed by atoms with Gasteiger partial charge in [-0.3, -0.25) is 0 Å². The average Bonchev–Trinajstić information content (AvgIpc) is 2.42. The number of halogens is 1. The molecule has 0 aliphatic carbocycles. The molecular weight excluding hydrogens is 280 g/mol. The van der Waals surface area contributed by atoms with Crippen LogP contribution in [0.3, 0.4) is 0 Å². The zero-order chi connectivity index (χ0) is 15.6. The molecule has 1 aromatic carbocycles. The van der Waals surface area contributed by atoms with Gasteiger partial charge in [-0.05, 0) is 47.6 Å². The Morgan fingerprint density at radius 2 is 1.71 bits per heavy atom. The zero-order valence-electron chi connectivity index (χ0n) is 13.5. The minimum Gasteiger partial charge on any atom is -0.241 e. The van der Waals surface area contributed by atoms with Gasteiger partial charge in [-0.1, -0.05) is 32.9 Å². The predicted octanol–water partition coefficient (Wildman–Crippen LogP) is 4.72. The van der Waals surface area contributed by atoms with Crippen molar-refractivity contribution in [3.8, 4) is 0 Å². The summed E-state index contributed by atoms with van der Waals surface area (Å²) in [5.41, 5.74) is 6.34. The second kappa shape index (κ2) is 6.15. The molecule has 0 unspecified atom stereocenters. The van der Waals surface area contributed by atoms with Gasteiger partial charge in [0.05, 0.1) is 11.6 Å². The normalized spacial score (nSPS) is 11.7. The van der Waals surface area contributed by atoms with Crippen LogP contribution in [0.4, 0.5) is 0 Å². The van der Waals surface area contributed by atoms with Crippen LogP contribution in [0, 0.1) is 13.8 Å². The van der Waals surface area contributed by atoms with Crippen molar-refractivity contribution in [1.29, 1.82) is 0 Å². The average molecular weight is 303 g/mol. The summed E-state index contributed by atoms with van der Waals surface area (Å²) in [4.78, 5) is 8.86. The van der Waals surface area contributed by atoms with Crippen molar-refractivity contribution in [2.24, 2.45) is 0 Å². The minimum atomic E-state index is 0.170. The second-order valence-electron chi connectivity index (χ2n) is 6.61. The fourth-order valence-electron chi connectivity index (χ4n) is 2.46. The van der Waals surface area contributed by atoms with E-state index in [0.717, 1.165) is 17.9 Å². The summed E-state index contributed by atoms with van der Waals surface area (Å²) >= 11 is 5.85. The molecule has 0 saturated heterocycles. The van der Waals surface area contributed by atoms with Gasteiger partial charge in [0, 0.05) is 12.6 Å². The van der Waals surface area contributed by atoms with Crippen LogP contribution in [0.15, 0.2) is 24.4 Å². The molecule has 21 heavy (non-hydrogen) atoms. The van der Waals surface area contributed by atoms with Gasteiger partial charge in [0.25, 0.3) is 0 Å². The number of hydrogen-bond donors (Lipinski definition) is 0. The third-order valence-corrected chi connectivity index (χ3v) is 4.07. The van der Waals surface area contributed by atoms with Gasteiger partial charge in [-0.2, -0.15) is 0 Å². The lowest BCUT2D eigenvalue weighted by molar-refractivity contribution is 0.588. The van der Waals surface area contributed by atoms with Crippen LogP contribution in [0.5, 0.6) is 0 Å². The quantitative estimate of drug-likeness (QED) is 0.767. The first kappa shape index (κ1) is 16.0. The van der Waals surface area contributed by atoms with Crippen LogP contribution < -0.4 is 0 Å². The van der Waals surface area contributed by atoms with Crippen molar-refractivity contribution in [2.75, 3.05) is 0 Å². The largest absolute Gasteiger partial charge is 0.241 e. The van der Waals surface area contributed by atoms with Crippen molar-refractivity contribution < 1.29 is 0 Å². The number of nitrogens with zero attached hydrogens (tertiary/aromatic N) is 2. The molecule has 0 radical (unpaired) electrons. The highest BCUT2D eigenvalue weighted by atomic mass is 35.5. The van der Waals surface area contributed by atoms with E-state index in [1.807, 2.05) is 6.07 Å². The van der Waals surface area contributed by atoms with Gasteiger partial charge >= 0.3 is 0 Å². The highest BCUT2D eigenvalue weighted by Crippen LogP contribution is 2.27. The van der Waals surface area contributed by atoms with Crippen LogP contribution in [0.25, 0.3) is 0 Å². The molecule has 2 aromatic rings. The number of alkyl halides is 1. The lowest BCUT2D eigenvalue weighted by atomic mass is 9.83. The number of benzene rings is 1. The molecule has 3 heteroatoms. The van der Waals surface area contributed by atoms with Gasteiger partial charge in [0.15, 0.2) is 0 Å². The summed E-state index contributed by atoms with van der Waals surface area (Å²) in [5, 5.41) is 0. The molecule has 112 valence electrons. The Morgan fingerprint density at radius 1 is 1.10 bits per heavy atom. The number of aryl methyl sites for hydroxylation is 2. The minimum absolute atomic E-state index is 0.170. The Bertz CT molecular complexity index is 619. The summed E-state index contributed by atoms with van der Waals surface area (Å²) in [7, 11) is 0. The van der Waals surface area contributed by atoms with E-state index in [9.17, 15) is 0 Å². The number of aromatic nitrogens is 2. The monoisotopic (exact) mass is 302 g/mol. The van der Waals surface area contributed by atoms with Crippen molar-refractivity contribution in [2.45, 2.75) is 52.3 Å². The van der Waals surface area contributed by atoms with Crippen LogP contribution in [-0.4, -0.2) is 9.97 Å². The predicted molar refractivity (Wildman–Crippen MR) is 89.0 cm³/mol. The third-order valence-electron chi connectivity index (χ3n) is 3.80. The standard InChI is InChI=1S/C18H23ClN2/c1-12-8-14(18(3,4)5)9-13(2)16(12)10-17-20-7-6-15(11-19)21-17/h6-9H,10-11H2,1-5H3. The Morgan fingerprint density at radius 3 is 2.24 bits per heavy atom. The van der Waals surface area contributed by atoms with E-state index in [4.69, 9.17) is 11.6 Å². The molecule has 0 aliphatic rings. The zero-order valence-corrected chi connectivity index (χ0v) is 14.3. The van der Waals surface area contributed by atoms with E-state index in [1.54, 1.807) is 6.20 Å². The van der Waals surface area contributed by atoms with Crippen molar-refractivity contribution in [3.63, 3.8) is 0 Å². The smallest absolute Gasteiger partial charge is 0.132 e. The van der Waals surface area contributed by atoms with Crippen LogP contribution in [0.1, 0.15) is 54.5 Å². The van der Waals surface area contributed by atoms with E-state index in [1.165, 1.54) is 22.3 Å². The van der Waals surface area contributed by atoms with Crippen molar-refractivity contribution >= 4 is 11.6 Å². The molecule has 0 saturated carbocycles. The molecule has 1 aromatic heterocycles. The van der Waals surface area contributed by atoms with Gasteiger partial charge < -0.3 is 0 Å². The van der Waals surface area contributed by atoms with Crippen LogP contribution in [0.2, 0.25) is 0 Å². The topological polar surface area (TPSA) is 25.8 Å². The molecule has 0 atom stereocenters. The first-order valence-corrected chi connectivity index (χ1v) is 7.82. The molecule has 0 aliphatic heterocycles. The first-order valence-electron chi connectivity index (χ1n) is 7.28. The summed E-state index contributed by atoms with van der Waals surface area (Å²) < 4.78 is 0. The van der Waals surface area contributed by atoms with Gasteiger partial charge in [0.1, 0.15) is 5.82 Å². The van der Waals surface area contributed by atoms with E-state index < -0.39 is 0 Å². The summed E-state index contributed by atoms with van der Waals surface area (Å²) in [5.74, 6) is 1.26. The Labute approximate surface area is 132 Å². The van der Waals surface area contributed by atoms with Gasteiger partial charge in [-0.15, -0.1) is 11.6 Å². The van der Waals surface area contributed by atoms with Crippen LogP contribution in [-0.2, 0) is 17.7 Å². The second-order valence-corrected chi connectivity index (χ2v) is 6.88. The lowest BCUT2D eigenvalue weighted by Gasteiger charge is -2.22. The maximum Gasteiger partial charge on any atom is 0.132 e. The van der Waals surface area contributed by atoms with Crippen molar-refractivity contribution in [1.82, 2.24) is 9.97 Å². The highest BCUT2D eigenvalue weighted by Gasteiger charge is 2.16. The SMILES string of the molecule is Cc1cc(C(C)(C)C)cc(C)c1Cc1nccc(CCl)n1. The third kappa shape index (κ3) is 3.82. The molecular formula is C18H23ClN2. The highest BCUT2D eigenvalue weighted by molar-refractivity contribution is 6.16.